The molecule has 23 heavy (non-hydrogen) atoms. The van der Waals surface area contributed by atoms with Crippen LogP contribution in [0.15, 0.2) is 58.4 Å². The van der Waals surface area contributed by atoms with Gasteiger partial charge in [0, 0.05) is 15.4 Å². The van der Waals surface area contributed by atoms with Crippen LogP contribution in [0.3, 0.4) is 0 Å². The van der Waals surface area contributed by atoms with E-state index in [0.29, 0.717) is 11.1 Å². The number of fused-ring (bicyclic) bond motifs is 1. The quantitative estimate of drug-likeness (QED) is 0.592. The van der Waals surface area contributed by atoms with E-state index in [1.807, 2.05) is 13.0 Å². The molecule has 0 atom stereocenters. The highest BCUT2D eigenvalue weighted by Gasteiger charge is 2.25. The Morgan fingerprint density at radius 3 is 2.43 bits per heavy atom. The molecule has 2 aromatic carbocycles. The summed E-state index contributed by atoms with van der Waals surface area (Å²) < 4.78 is 28.1. The summed E-state index contributed by atoms with van der Waals surface area (Å²) in [6.45, 7) is 5.65. The molecule has 0 spiro atoms. The summed E-state index contributed by atoms with van der Waals surface area (Å²) in [6.07, 6.45) is 1.57. The minimum absolute atomic E-state index is 0.133. The third-order valence-corrected chi connectivity index (χ3v) is 6.33. The maximum Gasteiger partial charge on any atom is 0.269 e. The molecule has 3 rings (SSSR count). The third-order valence-electron chi connectivity index (χ3n) is 3.63. The van der Waals surface area contributed by atoms with Crippen LogP contribution in [-0.2, 0) is 10.0 Å². The molecule has 0 saturated carbocycles. The second-order valence-electron chi connectivity index (χ2n) is 5.15. The second-order valence-corrected chi connectivity index (χ2v) is 8.21. The van der Waals surface area contributed by atoms with E-state index in [9.17, 15) is 8.42 Å². The maximum atomic E-state index is 13.0. The molecule has 0 bridgehead atoms. The number of hydrogen-bond acceptors (Lipinski definition) is 2. The van der Waals surface area contributed by atoms with Crippen molar-refractivity contribution in [1.29, 1.82) is 0 Å². The second kappa shape index (κ2) is 5.82. The van der Waals surface area contributed by atoms with Crippen molar-refractivity contribution in [3.63, 3.8) is 0 Å². The number of halogens is 2. The van der Waals surface area contributed by atoms with Gasteiger partial charge >= 0.3 is 0 Å². The molecule has 0 unspecified atom stereocenters. The highest BCUT2D eigenvalue weighted by molar-refractivity contribution is 9.10. The summed E-state index contributed by atoms with van der Waals surface area (Å²) >= 11 is 9.76. The van der Waals surface area contributed by atoms with E-state index in [-0.39, 0.29) is 10.0 Å². The fourth-order valence-corrected chi connectivity index (χ4v) is 4.79. The Bertz CT molecular complexity index is 1020. The lowest BCUT2D eigenvalue weighted by Crippen LogP contribution is -2.13. The molecule has 0 N–H and O–H groups in total. The predicted octanol–water partition coefficient (Wildman–Crippen LogP) is 5.25. The van der Waals surface area contributed by atoms with E-state index in [4.69, 9.17) is 11.6 Å². The molecular weight excluding hydrogens is 398 g/mol. The van der Waals surface area contributed by atoms with Crippen molar-refractivity contribution in [3.8, 4) is 0 Å². The molecule has 3 aromatic rings. The average Bonchev–Trinajstić information content (AvgIpc) is 2.78. The van der Waals surface area contributed by atoms with Gasteiger partial charge in [-0.25, -0.2) is 12.4 Å². The van der Waals surface area contributed by atoms with Gasteiger partial charge in [-0.3, -0.25) is 0 Å². The lowest BCUT2D eigenvalue weighted by molar-refractivity contribution is 0.589. The first kappa shape index (κ1) is 16.3. The standard InChI is InChI=1S/C17H13BrClNO2S/c1-3-14-15-10-12(18)6-9-16(15)20(17(14)19)23(21,22)13-7-4-11(2)5-8-13/h3-10H,1H2,2H3. The summed E-state index contributed by atoms with van der Waals surface area (Å²) in [5.74, 6) is 0. The normalized spacial score (nSPS) is 11.8. The van der Waals surface area contributed by atoms with Crippen LogP contribution in [0.5, 0.6) is 0 Å². The zero-order valence-electron chi connectivity index (χ0n) is 12.3. The van der Waals surface area contributed by atoms with Gasteiger partial charge in [0.05, 0.1) is 10.4 Å². The zero-order valence-corrected chi connectivity index (χ0v) is 15.4. The van der Waals surface area contributed by atoms with Crippen LogP contribution in [-0.4, -0.2) is 12.4 Å². The van der Waals surface area contributed by atoms with Crippen LogP contribution in [0.2, 0.25) is 5.15 Å². The fourth-order valence-electron chi connectivity index (χ4n) is 2.47. The summed E-state index contributed by atoms with van der Waals surface area (Å²) in [5, 5.41) is 0.865. The highest BCUT2D eigenvalue weighted by Crippen LogP contribution is 2.35. The summed E-state index contributed by atoms with van der Waals surface area (Å²) in [6, 6.07) is 12.0. The largest absolute Gasteiger partial charge is 0.269 e. The van der Waals surface area contributed by atoms with Crippen molar-refractivity contribution in [1.82, 2.24) is 3.97 Å². The van der Waals surface area contributed by atoms with Gasteiger partial charge in [-0.1, -0.05) is 57.9 Å². The minimum Gasteiger partial charge on any atom is -0.222 e. The Morgan fingerprint density at radius 1 is 1.17 bits per heavy atom. The molecule has 1 heterocycles. The lowest BCUT2D eigenvalue weighted by atomic mass is 10.2. The third kappa shape index (κ3) is 2.63. The average molecular weight is 411 g/mol. The van der Waals surface area contributed by atoms with Crippen LogP contribution >= 0.6 is 27.5 Å². The first-order valence-corrected chi connectivity index (χ1v) is 9.41. The molecule has 0 amide bonds. The Morgan fingerprint density at radius 2 is 1.83 bits per heavy atom. The predicted molar refractivity (Wildman–Crippen MR) is 98.5 cm³/mol. The molecule has 0 fully saturated rings. The van der Waals surface area contributed by atoms with E-state index in [1.54, 1.807) is 42.5 Å². The Kier molecular flexibility index (Phi) is 4.12. The summed E-state index contributed by atoms with van der Waals surface area (Å²) in [4.78, 5) is 0.195. The van der Waals surface area contributed by atoms with Gasteiger partial charge in [-0.05, 0) is 37.3 Å². The van der Waals surface area contributed by atoms with Gasteiger partial charge in [0.1, 0.15) is 5.15 Å². The van der Waals surface area contributed by atoms with E-state index in [0.717, 1.165) is 19.4 Å². The van der Waals surface area contributed by atoms with E-state index in [1.165, 1.54) is 0 Å². The SMILES string of the molecule is C=Cc1c(Cl)n(S(=O)(=O)c2ccc(C)cc2)c2ccc(Br)cc12. The van der Waals surface area contributed by atoms with Crippen molar-refractivity contribution in [3.05, 3.63) is 69.8 Å². The van der Waals surface area contributed by atoms with Crippen molar-refractivity contribution < 1.29 is 8.42 Å². The minimum atomic E-state index is -3.79. The molecule has 0 aliphatic heterocycles. The molecule has 0 aliphatic rings. The molecular formula is C17H13BrClNO2S. The van der Waals surface area contributed by atoms with Crippen molar-refractivity contribution in [2.24, 2.45) is 0 Å². The van der Waals surface area contributed by atoms with E-state index >= 15 is 0 Å². The summed E-state index contributed by atoms with van der Waals surface area (Å²) in [5.41, 5.74) is 2.11. The fraction of sp³-hybridized carbons (Fsp3) is 0.0588. The van der Waals surface area contributed by atoms with E-state index < -0.39 is 10.0 Å². The highest BCUT2D eigenvalue weighted by atomic mass is 79.9. The lowest BCUT2D eigenvalue weighted by Gasteiger charge is -2.09. The Balaban J connectivity index is 2.38. The molecule has 0 saturated heterocycles. The molecule has 3 nitrogen and oxygen atoms in total. The van der Waals surface area contributed by atoms with Crippen LogP contribution < -0.4 is 0 Å². The molecule has 118 valence electrons. The van der Waals surface area contributed by atoms with Crippen LogP contribution in [0.25, 0.3) is 17.0 Å². The van der Waals surface area contributed by atoms with Gasteiger partial charge in [0.15, 0.2) is 0 Å². The number of hydrogen-bond donors (Lipinski definition) is 0. The number of rotatable bonds is 3. The number of aromatic nitrogens is 1. The maximum absolute atomic E-state index is 13.0. The van der Waals surface area contributed by atoms with Gasteiger partial charge in [-0.15, -0.1) is 0 Å². The summed E-state index contributed by atoms with van der Waals surface area (Å²) in [7, 11) is -3.79. The van der Waals surface area contributed by atoms with Gasteiger partial charge in [-0.2, -0.15) is 0 Å². The van der Waals surface area contributed by atoms with Crippen molar-refractivity contribution in [2.75, 3.05) is 0 Å². The Hall–Kier alpha value is -1.56. The monoisotopic (exact) mass is 409 g/mol. The Labute approximate surface area is 148 Å². The van der Waals surface area contributed by atoms with Crippen molar-refractivity contribution >= 4 is 54.5 Å². The molecule has 0 aliphatic carbocycles. The first-order chi connectivity index (χ1) is 10.9. The van der Waals surface area contributed by atoms with Crippen LogP contribution in [0, 0.1) is 6.92 Å². The number of nitrogens with zero attached hydrogens (tertiary/aromatic N) is 1. The van der Waals surface area contributed by atoms with Crippen LogP contribution in [0.4, 0.5) is 0 Å². The van der Waals surface area contributed by atoms with E-state index in [2.05, 4.69) is 22.5 Å². The molecule has 1 aromatic heterocycles. The topological polar surface area (TPSA) is 39.1 Å². The number of benzene rings is 2. The number of aryl methyl sites for hydroxylation is 1. The zero-order chi connectivity index (χ0) is 16.8. The van der Waals surface area contributed by atoms with Crippen LogP contribution in [0.1, 0.15) is 11.1 Å². The molecule has 0 radical (unpaired) electrons. The van der Waals surface area contributed by atoms with Gasteiger partial charge in [0.25, 0.3) is 10.0 Å². The first-order valence-electron chi connectivity index (χ1n) is 6.80. The molecule has 6 heteroatoms. The van der Waals surface area contributed by atoms with Gasteiger partial charge < -0.3 is 0 Å². The van der Waals surface area contributed by atoms with Crippen molar-refractivity contribution in [2.45, 2.75) is 11.8 Å². The smallest absolute Gasteiger partial charge is 0.222 e. The van der Waals surface area contributed by atoms with Gasteiger partial charge in [0.2, 0.25) is 0 Å².